The maximum Gasteiger partial charge on any atom is 0.157 e. The second-order valence-electron chi connectivity index (χ2n) is 6.89. The zero-order chi connectivity index (χ0) is 18.3. The van der Waals surface area contributed by atoms with E-state index in [1.807, 2.05) is 12.4 Å². The molecular formula is C23H26N2O2. The van der Waals surface area contributed by atoms with E-state index >= 15 is 0 Å². The minimum absolute atomic E-state index is 0.0165. The van der Waals surface area contributed by atoms with Crippen molar-refractivity contribution in [3.63, 3.8) is 0 Å². The summed E-state index contributed by atoms with van der Waals surface area (Å²) in [6, 6.07) is 20.9. The summed E-state index contributed by atoms with van der Waals surface area (Å²) >= 11 is 0. The van der Waals surface area contributed by atoms with Gasteiger partial charge in [-0.3, -0.25) is 0 Å². The summed E-state index contributed by atoms with van der Waals surface area (Å²) in [5, 5.41) is 0. The summed E-state index contributed by atoms with van der Waals surface area (Å²) in [7, 11) is 0. The van der Waals surface area contributed by atoms with Crippen molar-refractivity contribution in [2.75, 3.05) is 13.2 Å². The van der Waals surface area contributed by atoms with Crippen LogP contribution in [0.2, 0.25) is 0 Å². The fourth-order valence-corrected chi connectivity index (χ4v) is 3.54. The maximum absolute atomic E-state index is 5.78. The van der Waals surface area contributed by atoms with Crippen LogP contribution >= 0.6 is 0 Å². The van der Waals surface area contributed by atoms with Crippen LogP contribution in [0.5, 0.6) is 0 Å². The van der Waals surface area contributed by atoms with Gasteiger partial charge >= 0.3 is 0 Å². The molecule has 0 spiro atoms. The molecule has 1 aromatic heterocycles. The molecule has 1 aliphatic rings. The van der Waals surface area contributed by atoms with Crippen LogP contribution in [0, 0.1) is 0 Å². The number of aryl methyl sites for hydroxylation is 1. The number of hydrogen-bond donors (Lipinski definition) is 0. The monoisotopic (exact) mass is 362 g/mol. The van der Waals surface area contributed by atoms with Crippen molar-refractivity contribution < 1.29 is 9.47 Å². The van der Waals surface area contributed by atoms with E-state index < -0.39 is 0 Å². The molecule has 2 heterocycles. The normalized spacial score (nSPS) is 16.7. The number of hydrogen-bond acceptors (Lipinski definition) is 3. The van der Waals surface area contributed by atoms with Crippen LogP contribution in [-0.2, 0) is 16.0 Å². The van der Waals surface area contributed by atoms with Gasteiger partial charge < -0.3 is 14.0 Å². The number of unbranched alkanes of at least 4 members (excludes halogenated alkanes) is 1. The molecular weight excluding hydrogens is 336 g/mol. The van der Waals surface area contributed by atoms with Crippen LogP contribution < -0.4 is 0 Å². The van der Waals surface area contributed by atoms with Gasteiger partial charge in [0, 0.05) is 37.3 Å². The summed E-state index contributed by atoms with van der Waals surface area (Å²) in [6.45, 7) is 2.52. The molecule has 3 aromatic rings. The standard InChI is InChI=1S/C23H26N2O2/c1-3-10-19(11-4-1)22-23(20-12-5-2-6-13-20)25(18-24-22)15-7-8-16-26-21-14-9-17-27-21/h1-6,10-13,18,21H,7-9,14-17H2. The van der Waals surface area contributed by atoms with E-state index in [1.165, 1.54) is 11.3 Å². The number of ether oxygens (including phenoxy) is 2. The van der Waals surface area contributed by atoms with Crippen LogP contribution in [0.25, 0.3) is 22.5 Å². The molecule has 1 atom stereocenters. The van der Waals surface area contributed by atoms with Crippen LogP contribution in [0.1, 0.15) is 25.7 Å². The molecule has 1 fully saturated rings. The van der Waals surface area contributed by atoms with Gasteiger partial charge in [0.15, 0.2) is 6.29 Å². The van der Waals surface area contributed by atoms with Crippen molar-refractivity contribution in [3.8, 4) is 22.5 Å². The van der Waals surface area contributed by atoms with Crippen molar-refractivity contribution in [2.45, 2.75) is 38.5 Å². The van der Waals surface area contributed by atoms with Crippen LogP contribution in [0.4, 0.5) is 0 Å². The predicted octanol–water partition coefficient (Wildman–Crippen LogP) is 5.15. The summed E-state index contributed by atoms with van der Waals surface area (Å²) in [5.74, 6) is 0. The molecule has 0 aliphatic carbocycles. The van der Waals surface area contributed by atoms with Crippen molar-refractivity contribution in [1.82, 2.24) is 9.55 Å². The number of imidazole rings is 1. The lowest BCUT2D eigenvalue weighted by atomic mass is 10.0. The first-order valence-corrected chi connectivity index (χ1v) is 9.81. The smallest absolute Gasteiger partial charge is 0.157 e. The van der Waals surface area contributed by atoms with Gasteiger partial charge in [-0.2, -0.15) is 0 Å². The lowest BCUT2D eigenvalue weighted by Crippen LogP contribution is -2.11. The zero-order valence-electron chi connectivity index (χ0n) is 15.6. The topological polar surface area (TPSA) is 36.3 Å². The molecule has 0 N–H and O–H groups in total. The third-order valence-corrected chi connectivity index (χ3v) is 4.92. The molecule has 1 aliphatic heterocycles. The van der Waals surface area contributed by atoms with Gasteiger partial charge in [-0.15, -0.1) is 0 Å². The van der Waals surface area contributed by atoms with E-state index in [1.54, 1.807) is 0 Å². The minimum atomic E-state index is 0.0165. The quantitative estimate of drug-likeness (QED) is 0.520. The maximum atomic E-state index is 5.78. The average Bonchev–Trinajstić information content (AvgIpc) is 3.39. The van der Waals surface area contributed by atoms with Crippen molar-refractivity contribution in [3.05, 3.63) is 67.0 Å². The van der Waals surface area contributed by atoms with Gasteiger partial charge in [0.25, 0.3) is 0 Å². The fraction of sp³-hybridized carbons (Fsp3) is 0.348. The Morgan fingerprint density at radius 3 is 2.41 bits per heavy atom. The summed E-state index contributed by atoms with van der Waals surface area (Å²) in [4.78, 5) is 4.74. The summed E-state index contributed by atoms with van der Waals surface area (Å²) in [6.07, 6.45) is 6.20. The molecule has 4 rings (SSSR count). The highest BCUT2D eigenvalue weighted by molar-refractivity contribution is 5.78. The Kier molecular flexibility index (Phi) is 5.97. The molecule has 27 heavy (non-hydrogen) atoms. The van der Waals surface area contributed by atoms with Crippen molar-refractivity contribution >= 4 is 0 Å². The molecule has 0 saturated carbocycles. The highest BCUT2D eigenvalue weighted by Gasteiger charge is 2.16. The first-order chi connectivity index (χ1) is 13.4. The number of benzene rings is 2. The lowest BCUT2D eigenvalue weighted by molar-refractivity contribution is -0.111. The molecule has 140 valence electrons. The van der Waals surface area contributed by atoms with Gasteiger partial charge in [0.1, 0.15) is 0 Å². The van der Waals surface area contributed by atoms with E-state index in [0.717, 1.165) is 56.7 Å². The van der Waals surface area contributed by atoms with Crippen LogP contribution in [-0.4, -0.2) is 29.1 Å². The predicted molar refractivity (Wildman–Crippen MR) is 107 cm³/mol. The molecule has 1 unspecified atom stereocenters. The second-order valence-corrected chi connectivity index (χ2v) is 6.89. The van der Waals surface area contributed by atoms with Gasteiger partial charge in [-0.05, 0) is 19.3 Å². The SMILES string of the molecule is c1ccc(-c2ncn(CCCCOC3CCCO3)c2-c2ccccc2)cc1. The van der Waals surface area contributed by atoms with E-state index in [9.17, 15) is 0 Å². The average molecular weight is 362 g/mol. The summed E-state index contributed by atoms with van der Waals surface area (Å²) in [5.41, 5.74) is 4.57. The third kappa shape index (κ3) is 4.46. The third-order valence-electron chi connectivity index (χ3n) is 4.92. The van der Waals surface area contributed by atoms with E-state index in [-0.39, 0.29) is 6.29 Å². The van der Waals surface area contributed by atoms with Gasteiger partial charge in [-0.1, -0.05) is 60.7 Å². The Labute approximate surface area is 160 Å². The van der Waals surface area contributed by atoms with Gasteiger partial charge in [-0.25, -0.2) is 4.98 Å². The van der Waals surface area contributed by atoms with Gasteiger partial charge in [0.05, 0.1) is 17.7 Å². The molecule has 1 saturated heterocycles. The zero-order valence-corrected chi connectivity index (χ0v) is 15.6. The Morgan fingerprint density at radius 1 is 0.963 bits per heavy atom. The first kappa shape index (κ1) is 18.0. The van der Waals surface area contributed by atoms with Crippen molar-refractivity contribution in [2.24, 2.45) is 0 Å². The Balaban J connectivity index is 1.46. The fourth-order valence-electron chi connectivity index (χ4n) is 3.54. The molecule has 0 amide bonds. The van der Waals surface area contributed by atoms with E-state index in [0.29, 0.717) is 0 Å². The number of aromatic nitrogens is 2. The second kappa shape index (κ2) is 8.98. The molecule has 0 bridgehead atoms. The van der Waals surface area contributed by atoms with Crippen LogP contribution in [0.15, 0.2) is 67.0 Å². The first-order valence-electron chi connectivity index (χ1n) is 9.81. The van der Waals surface area contributed by atoms with E-state index in [2.05, 4.69) is 59.2 Å². The number of rotatable bonds is 8. The molecule has 0 radical (unpaired) electrons. The van der Waals surface area contributed by atoms with Crippen molar-refractivity contribution in [1.29, 1.82) is 0 Å². The molecule has 2 aromatic carbocycles. The van der Waals surface area contributed by atoms with Crippen LogP contribution in [0.3, 0.4) is 0 Å². The Bertz CT molecular complexity index is 824. The lowest BCUT2D eigenvalue weighted by Gasteiger charge is -2.12. The highest BCUT2D eigenvalue weighted by Crippen LogP contribution is 2.31. The minimum Gasteiger partial charge on any atom is -0.353 e. The van der Waals surface area contributed by atoms with Gasteiger partial charge in [0.2, 0.25) is 0 Å². The molecule has 4 heteroatoms. The highest BCUT2D eigenvalue weighted by atomic mass is 16.7. The number of nitrogens with zero attached hydrogens (tertiary/aromatic N) is 2. The van der Waals surface area contributed by atoms with E-state index in [4.69, 9.17) is 14.5 Å². The molecule has 4 nitrogen and oxygen atoms in total. The Hall–Kier alpha value is -2.43. The summed E-state index contributed by atoms with van der Waals surface area (Å²) < 4.78 is 13.6. The largest absolute Gasteiger partial charge is 0.353 e. The Morgan fingerprint density at radius 2 is 1.70 bits per heavy atom.